The Morgan fingerprint density at radius 3 is 3.00 bits per heavy atom. The van der Waals surface area contributed by atoms with E-state index >= 15 is 0 Å². The SMILES string of the molecule is Cc1c(OC[C@@H](C)O)cn2ncnc(Oc3cnc4c(c3)=CC(C)N=4)c12. The molecule has 1 unspecified atom stereocenters. The predicted octanol–water partition coefficient (Wildman–Crippen LogP) is 0.787. The van der Waals surface area contributed by atoms with Gasteiger partial charge in [-0.15, -0.1) is 0 Å². The lowest BCUT2D eigenvalue weighted by Crippen LogP contribution is -2.24. The van der Waals surface area contributed by atoms with Crippen LogP contribution in [0.15, 0.2) is 29.8 Å². The minimum atomic E-state index is -0.555. The second-order valence-corrected chi connectivity index (χ2v) is 6.36. The van der Waals surface area contributed by atoms with Crippen molar-refractivity contribution in [2.75, 3.05) is 6.61 Å². The minimum absolute atomic E-state index is 0.125. The van der Waals surface area contributed by atoms with Crippen molar-refractivity contribution < 1.29 is 14.6 Å². The van der Waals surface area contributed by atoms with Crippen molar-refractivity contribution in [2.45, 2.75) is 32.9 Å². The number of ether oxygens (including phenoxy) is 2. The first-order chi connectivity index (χ1) is 12.5. The summed E-state index contributed by atoms with van der Waals surface area (Å²) in [7, 11) is 0. The van der Waals surface area contributed by atoms with E-state index in [1.54, 1.807) is 23.8 Å². The monoisotopic (exact) mass is 353 g/mol. The zero-order valence-electron chi connectivity index (χ0n) is 14.7. The lowest BCUT2D eigenvalue weighted by molar-refractivity contribution is 0.122. The zero-order chi connectivity index (χ0) is 18.3. The molecule has 0 aliphatic carbocycles. The maximum atomic E-state index is 9.42. The molecule has 0 fully saturated rings. The van der Waals surface area contributed by atoms with Crippen molar-refractivity contribution in [3.8, 4) is 17.4 Å². The average molecular weight is 353 g/mol. The number of aliphatic hydroxyl groups excluding tert-OH is 1. The van der Waals surface area contributed by atoms with Gasteiger partial charge in [-0.2, -0.15) is 10.1 Å². The largest absolute Gasteiger partial charge is 0.489 e. The first kappa shape index (κ1) is 16.5. The van der Waals surface area contributed by atoms with E-state index in [2.05, 4.69) is 20.1 Å². The van der Waals surface area contributed by atoms with Crippen molar-refractivity contribution in [2.24, 2.45) is 4.99 Å². The maximum absolute atomic E-state index is 9.42. The van der Waals surface area contributed by atoms with E-state index in [1.807, 2.05) is 26.0 Å². The third-order valence-corrected chi connectivity index (χ3v) is 4.06. The average Bonchev–Trinajstić information content (AvgIpc) is 3.12. The number of aryl methyl sites for hydroxylation is 1. The minimum Gasteiger partial charge on any atom is -0.489 e. The van der Waals surface area contributed by atoms with Crippen LogP contribution in [0.3, 0.4) is 0 Å². The summed E-state index contributed by atoms with van der Waals surface area (Å²) in [6.45, 7) is 5.78. The first-order valence-electron chi connectivity index (χ1n) is 8.38. The topological polar surface area (TPSA) is 94.1 Å². The summed E-state index contributed by atoms with van der Waals surface area (Å²) in [5.41, 5.74) is 2.27. The summed E-state index contributed by atoms with van der Waals surface area (Å²) < 4.78 is 13.3. The van der Waals surface area contributed by atoms with Crippen LogP contribution in [0.4, 0.5) is 0 Å². The van der Waals surface area contributed by atoms with E-state index in [1.165, 1.54) is 6.33 Å². The smallest absolute Gasteiger partial charge is 0.247 e. The number of rotatable bonds is 5. The summed E-state index contributed by atoms with van der Waals surface area (Å²) in [5, 5.41) is 14.6. The standard InChI is InChI=1S/C18H19N5O3/c1-10-4-13-5-14(6-19-17(13)22-10)26-18-16-12(3)15(25-8-11(2)24)7-23(16)21-9-20-18/h4-7,9-11,24H,8H2,1-3H3/t10?,11-/m1/s1. The molecule has 0 saturated carbocycles. The number of aromatic nitrogens is 4. The number of fused-ring (bicyclic) bond motifs is 2. The molecule has 8 heteroatoms. The second kappa shape index (κ2) is 6.38. The van der Waals surface area contributed by atoms with Gasteiger partial charge < -0.3 is 14.6 Å². The van der Waals surface area contributed by atoms with Gasteiger partial charge >= 0.3 is 0 Å². The molecule has 0 saturated heterocycles. The highest BCUT2D eigenvalue weighted by atomic mass is 16.5. The predicted molar refractivity (Wildman–Crippen MR) is 93.9 cm³/mol. The highest BCUT2D eigenvalue weighted by molar-refractivity contribution is 5.67. The van der Waals surface area contributed by atoms with Crippen LogP contribution >= 0.6 is 0 Å². The van der Waals surface area contributed by atoms with Gasteiger partial charge in [0.05, 0.1) is 24.5 Å². The molecule has 4 heterocycles. The summed E-state index contributed by atoms with van der Waals surface area (Å²) in [6.07, 6.45) is 6.29. The van der Waals surface area contributed by atoms with Crippen LogP contribution in [-0.4, -0.2) is 43.4 Å². The van der Waals surface area contributed by atoms with Gasteiger partial charge in [-0.05, 0) is 32.9 Å². The lowest BCUT2D eigenvalue weighted by atomic mass is 10.3. The molecule has 8 nitrogen and oxygen atoms in total. The van der Waals surface area contributed by atoms with Gasteiger partial charge in [0.2, 0.25) is 5.88 Å². The molecule has 2 atom stereocenters. The normalized spacial score (nSPS) is 16.7. The van der Waals surface area contributed by atoms with E-state index in [9.17, 15) is 5.11 Å². The highest BCUT2D eigenvalue weighted by Gasteiger charge is 2.16. The molecule has 0 bridgehead atoms. The molecule has 0 radical (unpaired) electrons. The lowest BCUT2D eigenvalue weighted by Gasteiger charge is -2.07. The zero-order valence-corrected chi connectivity index (χ0v) is 14.7. The fraction of sp³-hybridized carbons (Fsp3) is 0.333. The van der Waals surface area contributed by atoms with Crippen LogP contribution in [-0.2, 0) is 0 Å². The van der Waals surface area contributed by atoms with E-state index in [0.717, 1.165) is 16.3 Å². The van der Waals surface area contributed by atoms with E-state index < -0.39 is 6.10 Å². The Kier molecular flexibility index (Phi) is 4.04. The molecule has 0 spiro atoms. The molecule has 4 rings (SSSR count). The number of nitrogens with zero attached hydrogens (tertiary/aromatic N) is 5. The van der Waals surface area contributed by atoms with Gasteiger partial charge in [-0.25, -0.2) is 9.50 Å². The Labute approximate surface area is 149 Å². The molecule has 26 heavy (non-hydrogen) atoms. The summed E-state index contributed by atoms with van der Waals surface area (Å²) in [4.78, 5) is 13.0. The molecule has 3 aromatic heterocycles. The van der Waals surface area contributed by atoms with Crippen molar-refractivity contribution in [3.63, 3.8) is 0 Å². The Morgan fingerprint density at radius 2 is 2.19 bits per heavy atom. The number of aliphatic hydroxyl groups is 1. The van der Waals surface area contributed by atoms with Gasteiger partial charge in [0, 0.05) is 10.8 Å². The van der Waals surface area contributed by atoms with Crippen molar-refractivity contribution in [3.05, 3.63) is 41.1 Å². The Bertz CT molecular complexity index is 1090. The van der Waals surface area contributed by atoms with Crippen molar-refractivity contribution in [1.82, 2.24) is 19.6 Å². The summed E-state index contributed by atoms with van der Waals surface area (Å²) in [5.74, 6) is 1.62. The Hall–Kier alpha value is -3.00. The molecule has 1 aliphatic heterocycles. The third-order valence-electron chi connectivity index (χ3n) is 4.06. The van der Waals surface area contributed by atoms with Crippen LogP contribution in [0.25, 0.3) is 11.6 Å². The maximum Gasteiger partial charge on any atom is 0.247 e. The van der Waals surface area contributed by atoms with Crippen molar-refractivity contribution in [1.29, 1.82) is 0 Å². The fourth-order valence-corrected chi connectivity index (χ4v) is 2.88. The van der Waals surface area contributed by atoms with E-state index in [4.69, 9.17) is 9.47 Å². The van der Waals surface area contributed by atoms with Crippen LogP contribution < -0.4 is 20.2 Å². The highest BCUT2D eigenvalue weighted by Crippen LogP contribution is 2.31. The number of pyridine rings is 1. The molecular formula is C18H19N5O3. The fourth-order valence-electron chi connectivity index (χ4n) is 2.88. The molecule has 134 valence electrons. The Morgan fingerprint density at radius 1 is 1.35 bits per heavy atom. The van der Waals surface area contributed by atoms with E-state index in [0.29, 0.717) is 22.9 Å². The molecule has 1 aliphatic rings. The van der Waals surface area contributed by atoms with Crippen LogP contribution in [0, 0.1) is 6.92 Å². The number of hydrogen-bond donors (Lipinski definition) is 1. The molecule has 0 amide bonds. The number of hydrogen-bond acceptors (Lipinski definition) is 7. The van der Waals surface area contributed by atoms with E-state index in [-0.39, 0.29) is 12.6 Å². The van der Waals surface area contributed by atoms with Crippen LogP contribution in [0.5, 0.6) is 17.4 Å². The molecule has 1 N–H and O–H groups in total. The summed E-state index contributed by atoms with van der Waals surface area (Å²) in [6, 6.07) is 2.02. The Balaban J connectivity index is 1.70. The molecule has 3 aromatic rings. The van der Waals surface area contributed by atoms with Crippen molar-refractivity contribution >= 4 is 11.6 Å². The van der Waals surface area contributed by atoms with Gasteiger partial charge in [0.1, 0.15) is 29.9 Å². The van der Waals surface area contributed by atoms with Gasteiger partial charge in [0.25, 0.3) is 0 Å². The molecule has 0 aromatic carbocycles. The first-order valence-corrected chi connectivity index (χ1v) is 8.38. The van der Waals surface area contributed by atoms with Gasteiger partial charge in [-0.1, -0.05) is 0 Å². The van der Waals surface area contributed by atoms with Gasteiger partial charge in [0.15, 0.2) is 5.49 Å². The second-order valence-electron chi connectivity index (χ2n) is 6.36. The van der Waals surface area contributed by atoms with Crippen LogP contribution in [0.2, 0.25) is 0 Å². The van der Waals surface area contributed by atoms with Crippen LogP contribution in [0.1, 0.15) is 19.4 Å². The summed E-state index contributed by atoms with van der Waals surface area (Å²) >= 11 is 0. The van der Waals surface area contributed by atoms with Gasteiger partial charge in [-0.3, -0.25) is 4.99 Å². The third kappa shape index (κ3) is 2.99. The molecular weight excluding hydrogens is 334 g/mol. The quantitative estimate of drug-likeness (QED) is 0.729.